The van der Waals surface area contributed by atoms with Gasteiger partial charge in [0.15, 0.2) is 0 Å². The Morgan fingerprint density at radius 2 is 1.93 bits per heavy atom. The van der Waals surface area contributed by atoms with E-state index in [2.05, 4.69) is 9.97 Å². The molecule has 2 N–H and O–H groups in total. The molecule has 0 aliphatic rings. The van der Waals surface area contributed by atoms with Crippen LogP contribution < -0.4 is 11.2 Å². The van der Waals surface area contributed by atoms with Gasteiger partial charge in [0.05, 0.1) is 15.9 Å². The summed E-state index contributed by atoms with van der Waals surface area (Å²) in [5, 5.41) is 0.776. The average molecular weight is 211 g/mol. The Morgan fingerprint density at radius 1 is 1.21 bits per heavy atom. The van der Waals surface area contributed by atoms with Crippen LogP contribution in [0.25, 0.3) is 10.9 Å². The number of benzene rings is 1. The number of aryl methyl sites for hydroxylation is 1. The summed E-state index contributed by atoms with van der Waals surface area (Å²) in [6, 6.07) is 3.37. The maximum Gasteiger partial charge on any atom is 0.326 e. The van der Waals surface area contributed by atoms with Crippen molar-refractivity contribution in [2.45, 2.75) is 6.92 Å². The predicted molar refractivity (Wildman–Crippen MR) is 54.9 cm³/mol. The molecule has 1 aromatic heterocycles. The summed E-state index contributed by atoms with van der Waals surface area (Å²) >= 11 is 5.88. The van der Waals surface area contributed by atoms with Crippen molar-refractivity contribution in [1.29, 1.82) is 0 Å². The second kappa shape index (κ2) is 2.99. The predicted octanol–water partition coefficient (Wildman–Crippen LogP) is 1.18. The Morgan fingerprint density at radius 3 is 2.64 bits per heavy atom. The van der Waals surface area contributed by atoms with Gasteiger partial charge in [0.25, 0.3) is 5.56 Å². The van der Waals surface area contributed by atoms with Gasteiger partial charge in [-0.05, 0) is 24.6 Å². The second-order valence-electron chi connectivity index (χ2n) is 3.08. The van der Waals surface area contributed by atoms with E-state index in [1.165, 1.54) is 0 Å². The summed E-state index contributed by atoms with van der Waals surface area (Å²) in [6.45, 7) is 1.83. The zero-order chi connectivity index (χ0) is 10.3. The fraction of sp³-hybridized carbons (Fsp3) is 0.111. The molecular formula is C9H7ClN2O2. The normalized spacial score (nSPS) is 10.7. The van der Waals surface area contributed by atoms with E-state index in [1.807, 2.05) is 6.92 Å². The van der Waals surface area contributed by atoms with Gasteiger partial charge in [0.2, 0.25) is 0 Å². The Hall–Kier alpha value is -1.55. The van der Waals surface area contributed by atoms with Crippen molar-refractivity contribution in [1.82, 2.24) is 9.97 Å². The number of aromatic amines is 2. The highest BCUT2D eigenvalue weighted by molar-refractivity contribution is 6.35. The molecule has 0 atom stereocenters. The standard InChI is InChI=1S/C9H7ClN2O2/c1-4-2-5-7(6(10)3-4)11-9(14)12-8(5)13/h2-3H,1H3,(H2,11,12,13,14). The number of halogens is 1. The first-order valence-electron chi connectivity index (χ1n) is 4.00. The van der Waals surface area contributed by atoms with E-state index in [1.54, 1.807) is 12.1 Å². The van der Waals surface area contributed by atoms with Crippen LogP contribution >= 0.6 is 11.6 Å². The minimum absolute atomic E-state index is 0.378. The maximum absolute atomic E-state index is 11.4. The molecule has 0 aliphatic heterocycles. The van der Waals surface area contributed by atoms with Crippen molar-refractivity contribution in [2.24, 2.45) is 0 Å². The van der Waals surface area contributed by atoms with E-state index in [9.17, 15) is 9.59 Å². The quantitative estimate of drug-likeness (QED) is 0.686. The number of rotatable bonds is 0. The van der Waals surface area contributed by atoms with Crippen LogP contribution in [0.2, 0.25) is 5.02 Å². The minimum Gasteiger partial charge on any atom is -0.305 e. The van der Waals surface area contributed by atoms with E-state index in [4.69, 9.17) is 11.6 Å². The van der Waals surface area contributed by atoms with Gasteiger partial charge in [0, 0.05) is 0 Å². The molecule has 2 rings (SSSR count). The van der Waals surface area contributed by atoms with Crippen LogP contribution in [0.4, 0.5) is 0 Å². The van der Waals surface area contributed by atoms with E-state index >= 15 is 0 Å². The lowest BCUT2D eigenvalue weighted by atomic mass is 10.2. The van der Waals surface area contributed by atoms with Gasteiger partial charge in [0.1, 0.15) is 0 Å². The van der Waals surface area contributed by atoms with Gasteiger partial charge in [-0.25, -0.2) is 4.79 Å². The molecule has 0 radical (unpaired) electrons. The number of aromatic nitrogens is 2. The smallest absolute Gasteiger partial charge is 0.305 e. The van der Waals surface area contributed by atoms with Gasteiger partial charge in [-0.3, -0.25) is 9.78 Å². The molecule has 1 aromatic carbocycles. The first-order valence-corrected chi connectivity index (χ1v) is 4.38. The number of hydrogen-bond acceptors (Lipinski definition) is 2. The van der Waals surface area contributed by atoms with Crippen LogP contribution in [0, 0.1) is 6.92 Å². The van der Waals surface area contributed by atoms with Gasteiger partial charge in [-0.15, -0.1) is 0 Å². The highest BCUT2D eigenvalue weighted by Crippen LogP contribution is 2.19. The number of nitrogens with one attached hydrogen (secondary N) is 2. The third-order valence-electron chi connectivity index (χ3n) is 1.94. The molecule has 14 heavy (non-hydrogen) atoms. The molecule has 5 heteroatoms. The SMILES string of the molecule is Cc1cc(Cl)c2[nH]c(=O)[nH]c(=O)c2c1. The lowest BCUT2D eigenvalue weighted by Gasteiger charge is -2.00. The highest BCUT2D eigenvalue weighted by atomic mass is 35.5. The molecule has 0 aliphatic carbocycles. The van der Waals surface area contributed by atoms with Crippen LogP contribution in [0.3, 0.4) is 0 Å². The Bertz CT molecular complexity index is 612. The van der Waals surface area contributed by atoms with E-state index < -0.39 is 11.2 Å². The second-order valence-corrected chi connectivity index (χ2v) is 3.48. The van der Waals surface area contributed by atoms with Gasteiger partial charge < -0.3 is 4.98 Å². The third kappa shape index (κ3) is 1.33. The van der Waals surface area contributed by atoms with E-state index in [-0.39, 0.29) is 0 Å². The van der Waals surface area contributed by atoms with Crippen LogP contribution in [-0.2, 0) is 0 Å². The molecule has 0 saturated heterocycles. The molecule has 0 saturated carbocycles. The summed E-state index contributed by atoms with van der Waals surface area (Å²) in [6.07, 6.45) is 0. The number of fused-ring (bicyclic) bond motifs is 1. The molecule has 2 aromatic rings. The molecule has 0 amide bonds. The van der Waals surface area contributed by atoms with Crippen molar-refractivity contribution in [2.75, 3.05) is 0 Å². The van der Waals surface area contributed by atoms with Crippen LogP contribution in [0.15, 0.2) is 21.7 Å². The van der Waals surface area contributed by atoms with Crippen molar-refractivity contribution in [3.63, 3.8) is 0 Å². The lowest BCUT2D eigenvalue weighted by Crippen LogP contribution is -2.22. The van der Waals surface area contributed by atoms with Crippen LogP contribution in [0.5, 0.6) is 0 Å². The molecule has 0 bridgehead atoms. The van der Waals surface area contributed by atoms with Crippen molar-refractivity contribution in [3.8, 4) is 0 Å². The Kier molecular flexibility index (Phi) is 1.93. The zero-order valence-corrected chi connectivity index (χ0v) is 8.11. The van der Waals surface area contributed by atoms with Crippen molar-refractivity contribution < 1.29 is 0 Å². The van der Waals surface area contributed by atoms with Crippen LogP contribution in [0.1, 0.15) is 5.56 Å². The molecule has 0 spiro atoms. The number of H-pyrrole nitrogens is 2. The van der Waals surface area contributed by atoms with Gasteiger partial charge >= 0.3 is 5.69 Å². The van der Waals surface area contributed by atoms with Crippen molar-refractivity contribution >= 4 is 22.5 Å². The zero-order valence-electron chi connectivity index (χ0n) is 7.35. The van der Waals surface area contributed by atoms with E-state index in [0.29, 0.717) is 15.9 Å². The minimum atomic E-state index is -0.548. The molecule has 4 nitrogen and oxygen atoms in total. The highest BCUT2D eigenvalue weighted by Gasteiger charge is 2.04. The summed E-state index contributed by atoms with van der Waals surface area (Å²) < 4.78 is 0. The number of hydrogen-bond donors (Lipinski definition) is 2. The van der Waals surface area contributed by atoms with Gasteiger partial charge in [-0.2, -0.15) is 0 Å². The lowest BCUT2D eigenvalue weighted by molar-refractivity contribution is 1.08. The molecule has 72 valence electrons. The molecule has 1 heterocycles. The van der Waals surface area contributed by atoms with E-state index in [0.717, 1.165) is 5.56 Å². The first kappa shape index (κ1) is 9.02. The monoisotopic (exact) mass is 210 g/mol. The van der Waals surface area contributed by atoms with Gasteiger partial charge in [-0.1, -0.05) is 11.6 Å². The summed E-state index contributed by atoms with van der Waals surface area (Å²) in [4.78, 5) is 27.0. The molecule has 0 unspecified atom stereocenters. The fourth-order valence-electron chi connectivity index (χ4n) is 1.36. The molecule has 0 fully saturated rings. The largest absolute Gasteiger partial charge is 0.326 e. The Balaban J connectivity index is 3.10. The summed E-state index contributed by atoms with van der Waals surface area (Å²) in [5.41, 5.74) is 0.286. The summed E-state index contributed by atoms with van der Waals surface area (Å²) in [5.74, 6) is 0. The summed E-state index contributed by atoms with van der Waals surface area (Å²) in [7, 11) is 0. The van der Waals surface area contributed by atoms with Crippen LogP contribution in [-0.4, -0.2) is 9.97 Å². The topological polar surface area (TPSA) is 65.7 Å². The first-order chi connectivity index (χ1) is 6.58. The maximum atomic E-state index is 11.4. The Labute approximate surface area is 83.5 Å². The van der Waals surface area contributed by atoms with Crippen molar-refractivity contribution in [3.05, 3.63) is 43.6 Å². The fourth-order valence-corrected chi connectivity index (χ4v) is 1.68. The average Bonchev–Trinajstić information content (AvgIpc) is 2.07. The third-order valence-corrected chi connectivity index (χ3v) is 2.24. The molecular weight excluding hydrogens is 204 g/mol.